The van der Waals surface area contributed by atoms with Crippen LogP contribution in [0.3, 0.4) is 0 Å². The summed E-state index contributed by atoms with van der Waals surface area (Å²) in [6.45, 7) is 4.04. The van der Waals surface area contributed by atoms with E-state index in [1.165, 1.54) is 28.8 Å². The Bertz CT molecular complexity index is 1350. The summed E-state index contributed by atoms with van der Waals surface area (Å²) in [5.74, 6) is 0.865. The number of hydrogen-bond donors (Lipinski definition) is 0. The summed E-state index contributed by atoms with van der Waals surface area (Å²) in [6, 6.07) is 19.2. The van der Waals surface area contributed by atoms with Crippen molar-refractivity contribution < 1.29 is 19.2 Å². The van der Waals surface area contributed by atoms with E-state index in [9.17, 15) is 14.9 Å². The minimum Gasteiger partial charge on any atom is -0.493 e. The van der Waals surface area contributed by atoms with Gasteiger partial charge in [-0.3, -0.25) is 19.8 Å². The number of allylic oxidation sites excluding steroid dienone is 1. The van der Waals surface area contributed by atoms with E-state index in [0.717, 1.165) is 22.4 Å². The number of non-ortho nitro benzene ring substituents is 1. The monoisotopic (exact) mass is 518 g/mol. The van der Waals surface area contributed by atoms with Crippen molar-refractivity contribution in [1.29, 1.82) is 0 Å². The van der Waals surface area contributed by atoms with Crippen molar-refractivity contribution in [3.05, 3.63) is 111 Å². The van der Waals surface area contributed by atoms with E-state index in [2.05, 4.69) is 6.58 Å². The molecule has 0 unspecified atom stereocenters. The van der Waals surface area contributed by atoms with E-state index in [0.29, 0.717) is 27.1 Å². The average molecular weight is 519 g/mol. The summed E-state index contributed by atoms with van der Waals surface area (Å²) in [4.78, 5) is 25.6. The number of carbonyl (C=O) groups is 1. The number of para-hydroxylation sites is 1. The number of nitro groups is 1. The molecule has 0 atom stereocenters. The summed E-state index contributed by atoms with van der Waals surface area (Å²) in [5.41, 5.74) is 3.12. The van der Waals surface area contributed by atoms with Gasteiger partial charge in [0.05, 0.1) is 22.6 Å². The lowest BCUT2D eigenvalue weighted by Gasteiger charge is -2.16. The molecule has 7 nitrogen and oxygen atoms in total. The van der Waals surface area contributed by atoms with Crippen molar-refractivity contribution in [2.75, 3.05) is 12.0 Å². The third-order valence-electron chi connectivity index (χ3n) is 5.37. The second kappa shape index (κ2) is 11.2. The zero-order chi connectivity index (χ0) is 25.7. The average Bonchev–Trinajstić information content (AvgIpc) is 3.16. The van der Waals surface area contributed by atoms with Gasteiger partial charge >= 0.3 is 0 Å². The van der Waals surface area contributed by atoms with Gasteiger partial charge in [-0.1, -0.05) is 48.3 Å². The fraction of sp³-hybridized carbons (Fsp3) is 0.111. The summed E-state index contributed by atoms with van der Waals surface area (Å²) in [6.07, 6.45) is 4.06. The van der Waals surface area contributed by atoms with Gasteiger partial charge in [0.15, 0.2) is 15.8 Å². The fourth-order valence-corrected chi connectivity index (χ4v) is 4.98. The van der Waals surface area contributed by atoms with E-state index in [1.54, 1.807) is 37.5 Å². The summed E-state index contributed by atoms with van der Waals surface area (Å²) in [7, 11) is 1.55. The number of methoxy groups -OCH3 is 1. The quantitative estimate of drug-likeness (QED) is 0.108. The molecule has 36 heavy (non-hydrogen) atoms. The minimum atomic E-state index is -0.442. The molecule has 0 radical (unpaired) electrons. The van der Waals surface area contributed by atoms with Gasteiger partial charge in [-0.15, -0.1) is 6.58 Å². The van der Waals surface area contributed by atoms with E-state index >= 15 is 0 Å². The Labute approximate surface area is 218 Å². The molecule has 4 rings (SSSR count). The van der Waals surface area contributed by atoms with Crippen molar-refractivity contribution in [3.8, 4) is 11.5 Å². The molecule has 0 N–H and O–H groups in total. The van der Waals surface area contributed by atoms with Crippen LogP contribution in [0.4, 0.5) is 11.4 Å². The SMILES string of the molecule is C=CCc1cc(/C=C2/SC(=S)N(c3ccccc3)C2=O)cc(OC)c1OCc1ccc([N+](=O)[O-])cc1. The fourth-order valence-electron chi connectivity index (χ4n) is 3.68. The lowest BCUT2D eigenvalue weighted by Crippen LogP contribution is -2.27. The Morgan fingerprint density at radius 1 is 1.14 bits per heavy atom. The number of ether oxygens (including phenoxy) is 2. The molecule has 9 heteroatoms. The van der Waals surface area contributed by atoms with Crippen LogP contribution in [-0.4, -0.2) is 22.3 Å². The highest BCUT2D eigenvalue weighted by atomic mass is 32.2. The molecule has 3 aromatic carbocycles. The van der Waals surface area contributed by atoms with Gasteiger partial charge in [-0.05, 0) is 60.0 Å². The van der Waals surface area contributed by atoms with Gasteiger partial charge < -0.3 is 9.47 Å². The molecule has 1 heterocycles. The molecular weight excluding hydrogens is 496 g/mol. The molecule has 1 aliphatic heterocycles. The maximum atomic E-state index is 13.1. The van der Waals surface area contributed by atoms with Crippen LogP contribution < -0.4 is 14.4 Å². The Balaban J connectivity index is 1.61. The van der Waals surface area contributed by atoms with Gasteiger partial charge in [0, 0.05) is 17.7 Å². The van der Waals surface area contributed by atoms with Crippen molar-refractivity contribution in [2.45, 2.75) is 13.0 Å². The highest BCUT2D eigenvalue weighted by molar-refractivity contribution is 8.27. The highest BCUT2D eigenvalue weighted by Gasteiger charge is 2.33. The first-order valence-corrected chi connectivity index (χ1v) is 12.1. The van der Waals surface area contributed by atoms with Crippen LogP contribution in [0.2, 0.25) is 0 Å². The predicted octanol–water partition coefficient (Wildman–Crippen LogP) is 6.32. The smallest absolute Gasteiger partial charge is 0.270 e. The number of nitrogens with zero attached hydrogens (tertiary/aromatic N) is 2. The van der Waals surface area contributed by atoms with Crippen LogP contribution in [-0.2, 0) is 17.8 Å². The number of hydrogen-bond acceptors (Lipinski definition) is 7. The Hall–Kier alpha value is -3.95. The second-order valence-electron chi connectivity index (χ2n) is 7.77. The summed E-state index contributed by atoms with van der Waals surface area (Å²) in [5, 5.41) is 10.9. The normalized spacial score (nSPS) is 14.2. The molecule has 0 aliphatic carbocycles. The first-order valence-electron chi connectivity index (χ1n) is 10.9. The largest absolute Gasteiger partial charge is 0.493 e. The molecule has 0 spiro atoms. The number of carbonyl (C=O) groups excluding carboxylic acids is 1. The third-order valence-corrected chi connectivity index (χ3v) is 6.68. The van der Waals surface area contributed by atoms with Gasteiger partial charge in [0.2, 0.25) is 0 Å². The Morgan fingerprint density at radius 3 is 2.50 bits per heavy atom. The van der Waals surface area contributed by atoms with E-state index in [4.69, 9.17) is 21.7 Å². The highest BCUT2D eigenvalue weighted by Crippen LogP contribution is 2.39. The van der Waals surface area contributed by atoms with Gasteiger partial charge in [0.25, 0.3) is 11.6 Å². The maximum absolute atomic E-state index is 13.1. The van der Waals surface area contributed by atoms with Crippen LogP contribution in [0.15, 0.2) is 84.3 Å². The molecule has 0 aromatic heterocycles. The van der Waals surface area contributed by atoms with Crippen LogP contribution in [0.25, 0.3) is 6.08 Å². The van der Waals surface area contributed by atoms with E-state index in [1.807, 2.05) is 36.4 Å². The van der Waals surface area contributed by atoms with E-state index < -0.39 is 4.92 Å². The molecule has 3 aromatic rings. The topological polar surface area (TPSA) is 81.9 Å². The molecule has 0 bridgehead atoms. The first-order chi connectivity index (χ1) is 17.4. The van der Waals surface area contributed by atoms with Crippen molar-refractivity contribution in [1.82, 2.24) is 0 Å². The zero-order valence-corrected chi connectivity index (χ0v) is 21.0. The molecule has 1 saturated heterocycles. The number of amides is 1. The predicted molar refractivity (Wildman–Crippen MR) is 146 cm³/mol. The Kier molecular flexibility index (Phi) is 7.82. The molecule has 1 amide bonds. The number of benzene rings is 3. The third kappa shape index (κ3) is 5.48. The molecule has 1 fully saturated rings. The minimum absolute atomic E-state index is 0.0192. The molecular formula is C27H22N2O5S2. The van der Waals surface area contributed by atoms with Crippen molar-refractivity contribution in [2.24, 2.45) is 0 Å². The van der Waals surface area contributed by atoms with Gasteiger partial charge in [-0.25, -0.2) is 0 Å². The molecule has 182 valence electrons. The standard InChI is InChI=1S/C27H22N2O5S2/c1-3-7-20-14-19(16-24-26(30)28(27(35)36-24)21-8-5-4-6-9-21)15-23(33-2)25(20)34-17-18-10-12-22(13-11-18)29(31)32/h3-6,8-16H,1,7,17H2,2H3/b24-16+. The second-order valence-corrected chi connectivity index (χ2v) is 9.44. The van der Waals surface area contributed by atoms with Crippen LogP contribution in [0, 0.1) is 10.1 Å². The number of thiocarbonyl (C=S) groups is 1. The maximum Gasteiger partial charge on any atom is 0.270 e. The van der Waals surface area contributed by atoms with Crippen molar-refractivity contribution >= 4 is 51.7 Å². The summed E-state index contributed by atoms with van der Waals surface area (Å²) < 4.78 is 12.2. The van der Waals surface area contributed by atoms with Crippen LogP contribution >= 0.6 is 24.0 Å². The lowest BCUT2D eigenvalue weighted by atomic mass is 10.0. The first kappa shape index (κ1) is 25.2. The van der Waals surface area contributed by atoms with Crippen LogP contribution in [0.5, 0.6) is 11.5 Å². The zero-order valence-electron chi connectivity index (χ0n) is 19.4. The lowest BCUT2D eigenvalue weighted by molar-refractivity contribution is -0.384. The van der Waals surface area contributed by atoms with E-state index in [-0.39, 0.29) is 18.2 Å². The number of anilines is 1. The van der Waals surface area contributed by atoms with Crippen molar-refractivity contribution in [3.63, 3.8) is 0 Å². The van der Waals surface area contributed by atoms with Gasteiger partial charge in [-0.2, -0.15) is 0 Å². The molecule has 1 aliphatic rings. The summed E-state index contributed by atoms with van der Waals surface area (Å²) >= 11 is 6.71. The number of rotatable bonds is 9. The number of thioether (sulfide) groups is 1. The van der Waals surface area contributed by atoms with Crippen LogP contribution in [0.1, 0.15) is 16.7 Å². The number of nitro benzene ring substituents is 1. The molecule has 0 saturated carbocycles. The Morgan fingerprint density at radius 2 is 1.86 bits per heavy atom. The van der Waals surface area contributed by atoms with Gasteiger partial charge in [0.1, 0.15) is 6.61 Å².